The van der Waals surface area contributed by atoms with Crippen molar-refractivity contribution in [2.24, 2.45) is 0 Å². The summed E-state index contributed by atoms with van der Waals surface area (Å²) in [5.41, 5.74) is 1.95. The first-order valence-electron chi connectivity index (χ1n) is 9.50. The SMILES string of the molecule is CCC[C@H]1C[C@H](c2nc(-c3ccc(N4CCCC4)cn3)no2)CCO1. The predicted molar refractivity (Wildman–Crippen MR) is 95.6 cm³/mol. The van der Waals surface area contributed by atoms with Crippen LogP contribution >= 0.6 is 0 Å². The minimum absolute atomic E-state index is 0.301. The number of hydrogen-bond acceptors (Lipinski definition) is 6. The Balaban J connectivity index is 1.45. The molecule has 2 atom stereocenters. The average molecular weight is 342 g/mol. The zero-order valence-corrected chi connectivity index (χ0v) is 14.9. The Bertz CT molecular complexity index is 677. The maximum absolute atomic E-state index is 5.82. The van der Waals surface area contributed by atoms with E-state index < -0.39 is 0 Å². The highest BCUT2D eigenvalue weighted by molar-refractivity contribution is 5.54. The summed E-state index contributed by atoms with van der Waals surface area (Å²) in [5, 5.41) is 4.16. The molecule has 4 rings (SSSR count). The molecule has 0 aliphatic carbocycles. The maximum atomic E-state index is 5.82. The van der Waals surface area contributed by atoms with Crippen LogP contribution in [0.4, 0.5) is 5.69 Å². The molecule has 2 fully saturated rings. The molecular formula is C19H26N4O2. The van der Waals surface area contributed by atoms with Gasteiger partial charge in [-0.2, -0.15) is 4.98 Å². The Labute approximate surface area is 148 Å². The number of aromatic nitrogens is 3. The van der Waals surface area contributed by atoms with Crippen LogP contribution in [-0.2, 0) is 4.74 Å². The number of hydrogen-bond donors (Lipinski definition) is 0. The zero-order chi connectivity index (χ0) is 17.1. The Morgan fingerprint density at radius 3 is 2.88 bits per heavy atom. The van der Waals surface area contributed by atoms with Crippen LogP contribution in [-0.4, -0.2) is 40.9 Å². The van der Waals surface area contributed by atoms with E-state index in [2.05, 4.69) is 33.0 Å². The van der Waals surface area contributed by atoms with E-state index in [0.29, 0.717) is 17.8 Å². The third kappa shape index (κ3) is 3.68. The van der Waals surface area contributed by atoms with E-state index in [9.17, 15) is 0 Å². The first-order chi connectivity index (χ1) is 12.3. The molecule has 25 heavy (non-hydrogen) atoms. The van der Waals surface area contributed by atoms with Gasteiger partial charge in [-0.15, -0.1) is 0 Å². The summed E-state index contributed by atoms with van der Waals surface area (Å²) < 4.78 is 11.4. The second-order valence-corrected chi connectivity index (χ2v) is 7.05. The van der Waals surface area contributed by atoms with Crippen molar-refractivity contribution in [2.75, 3.05) is 24.6 Å². The molecule has 6 nitrogen and oxygen atoms in total. The number of nitrogens with zero attached hydrogens (tertiary/aromatic N) is 4. The zero-order valence-electron chi connectivity index (χ0n) is 14.9. The normalized spacial score (nSPS) is 24.0. The Morgan fingerprint density at radius 1 is 1.24 bits per heavy atom. The van der Waals surface area contributed by atoms with Crippen LogP contribution in [0.15, 0.2) is 22.9 Å². The molecule has 0 unspecified atom stereocenters. The van der Waals surface area contributed by atoms with Gasteiger partial charge < -0.3 is 14.2 Å². The van der Waals surface area contributed by atoms with Crippen molar-refractivity contribution in [3.63, 3.8) is 0 Å². The summed E-state index contributed by atoms with van der Waals surface area (Å²) in [4.78, 5) is 11.5. The van der Waals surface area contributed by atoms with Crippen molar-refractivity contribution < 1.29 is 9.26 Å². The Morgan fingerprint density at radius 2 is 2.12 bits per heavy atom. The van der Waals surface area contributed by atoms with E-state index in [1.165, 1.54) is 18.5 Å². The van der Waals surface area contributed by atoms with E-state index in [0.717, 1.165) is 57.0 Å². The lowest BCUT2D eigenvalue weighted by molar-refractivity contribution is -0.00302. The summed E-state index contributed by atoms with van der Waals surface area (Å²) in [6, 6.07) is 4.10. The monoisotopic (exact) mass is 342 g/mol. The molecule has 0 radical (unpaired) electrons. The van der Waals surface area contributed by atoms with Gasteiger partial charge in [-0.1, -0.05) is 18.5 Å². The molecule has 2 aliphatic rings. The van der Waals surface area contributed by atoms with Gasteiger partial charge in [0.1, 0.15) is 5.69 Å². The Hall–Kier alpha value is -1.95. The van der Waals surface area contributed by atoms with Crippen molar-refractivity contribution in [3.8, 4) is 11.5 Å². The summed E-state index contributed by atoms with van der Waals surface area (Å²) in [5.74, 6) is 1.61. The van der Waals surface area contributed by atoms with Gasteiger partial charge in [-0.05, 0) is 44.2 Å². The van der Waals surface area contributed by atoms with E-state index in [1.807, 2.05) is 12.3 Å². The van der Waals surface area contributed by atoms with Crippen LogP contribution < -0.4 is 4.90 Å². The fourth-order valence-electron chi connectivity index (χ4n) is 3.81. The van der Waals surface area contributed by atoms with Crippen LogP contribution in [0.5, 0.6) is 0 Å². The van der Waals surface area contributed by atoms with E-state index in [4.69, 9.17) is 9.26 Å². The quantitative estimate of drug-likeness (QED) is 0.823. The lowest BCUT2D eigenvalue weighted by Crippen LogP contribution is -2.24. The number of rotatable bonds is 5. The third-order valence-electron chi connectivity index (χ3n) is 5.22. The minimum Gasteiger partial charge on any atom is -0.378 e. The van der Waals surface area contributed by atoms with Crippen LogP contribution in [0.3, 0.4) is 0 Å². The molecule has 6 heteroatoms. The fraction of sp³-hybridized carbons (Fsp3) is 0.632. The van der Waals surface area contributed by atoms with Crippen molar-refractivity contribution >= 4 is 5.69 Å². The second-order valence-electron chi connectivity index (χ2n) is 7.05. The summed E-state index contributed by atoms with van der Waals surface area (Å²) >= 11 is 0. The molecule has 2 aromatic rings. The fourth-order valence-corrected chi connectivity index (χ4v) is 3.81. The molecule has 2 aliphatic heterocycles. The van der Waals surface area contributed by atoms with Gasteiger partial charge >= 0.3 is 0 Å². The lowest BCUT2D eigenvalue weighted by Gasteiger charge is -2.27. The smallest absolute Gasteiger partial charge is 0.230 e. The number of anilines is 1. The molecule has 0 bridgehead atoms. The largest absolute Gasteiger partial charge is 0.378 e. The average Bonchev–Trinajstić information content (AvgIpc) is 3.35. The maximum Gasteiger partial charge on any atom is 0.230 e. The van der Waals surface area contributed by atoms with Crippen LogP contribution in [0.2, 0.25) is 0 Å². The van der Waals surface area contributed by atoms with Gasteiger partial charge in [0.15, 0.2) is 0 Å². The first kappa shape index (κ1) is 16.5. The molecule has 0 amide bonds. The molecule has 4 heterocycles. The van der Waals surface area contributed by atoms with Gasteiger partial charge in [-0.3, -0.25) is 4.98 Å². The number of pyridine rings is 1. The topological polar surface area (TPSA) is 64.3 Å². The van der Waals surface area contributed by atoms with Crippen molar-refractivity contribution in [1.82, 2.24) is 15.1 Å². The van der Waals surface area contributed by atoms with Gasteiger partial charge in [0, 0.05) is 25.6 Å². The lowest BCUT2D eigenvalue weighted by atomic mass is 9.93. The molecule has 0 spiro atoms. The highest BCUT2D eigenvalue weighted by Crippen LogP contribution is 2.31. The van der Waals surface area contributed by atoms with Crippen LogP contribution in [0.25, 0.3) is 11.5 Å². The number of ether oxygens (including phenoxy) is 1. The predicted octanol–water partition coefficient (Wildman–Crippen LogP) is 3.79. The molecule has 0 aromatic carbocycles. The van der Waals surface area contributed by atoms with Gasteiger partial charge in [-0.25, -0.2) is 0 Å². The van der Waals surface area contributed by atoms with E-state index in [1.54, 1.807) is 0 Å². The first-order valence-corrected chi connectivity index (χ1v) is 9.50. The minimum atomic E-state index is 0.301. The van der Waals surface area contributed by atoms with Crippen molar-refractivity contribution in [3.05, 3.63) is 24.2 Å². The molecular weight excluding hydrogens is 316 g/mol. The highest BCUT2D eigenvalue weighted by Gasteiger charge is 2.28. The summed E-state index contributed by atoms with van der Waals surface area (Å²) in [6.07, 6.45) is 8.91. The third-order valence-corrected chi connectivity index (χ3v) is 5.22. The summed E-state index contributed by atoms with van der Waals surface area (Å²) in [6.45, 7) is 5.21. The molecule has 2 aromatic heterocycles. The summed E-state index contributed by atoms with van der Waals surface area (Å²) in [7, 11) is 0. The molecule has 0 saturated carbocycles. The van der Waals surface area contributed by atoms with Gasteiger partial charge in [0.25, 0.3) is 0 Å². The van der Waals surface area contributed by atoms with Crippen molar-refractivity contribution in [1.29, 1.82) is 0 Å². The van der Waals surface area contributed by atoms with Crippen LogP contribution in [0, 0.1) is 0 Å². The van der Waals surface area contributed by atoms with Gasteiger partial charge in [0.2, 0.25) is 11.7 Å². The second kappa shape index (κ2) is 7.52. The van der Waals surface area contributed by atoms with Crippen molar-refractivity contribution in [2.45, 2.75) is 57.5 Å². The molecule has 2 saturated heterocycles. The van der Waals surface area contributed by atoms with Crippen LogP contribution in [0.1, 0.15) is 57.3 Å². The van der Waals surface area contributed by atoms with Gasteiger partial charge in [0.05, 0.1) is 18.0 Å². The van der Waals surface area contributed by atoms with E-state index in [-0.39, 0.29) is 0 Å². The highest BCUT2D eigenvalue weighted by atomic mass is 16.5. The molecule has 134 valence electrons. The standard InChI is InChI=1S/C19H26N4O2/c1-2-5-16-12-14(8-11-24-16)19-21-18(22-25-19)17-7-6-15(13-20-17)23-9-3-4-10-23/h6-7,13-14,16H,2-5,8-12H2,1H3/t14-,16+/m1/s1. The van der Waals surface area contributed by atoms with E-state index >= 15 is 0 Å². The molecule has 0 N–H and O–H groups in total. The Kier molecular flexibility index (Phi) is 4.97.